The van der Waals surface area contributed by atoms with E-state index in [0.29, 0.717) is 16.8 Å². The van der Waals surface area contributed by atoms with Crippen molar-refractivity contribution in [2.75, 3.05) is 11.9 Å². The zero-order chi connectivity index (χ0) is 18.5. The van der Waals surface area contributed by atoms with Gasteiger partial charge in [-0.1, -0.05) is 36.0 Å². The lowest BCUT2D eigenvalue weighted by molar-refractivity contribution is 0.0990. The fourth-order valence-electron chi connectivity index (χ4n) is 2.46. The molecule has 0 radical (unpaired) electrons. The van der Waals surface area contributed by atoms with Gasteiger partial charge in [0.05, 0.1) is 11.1 Å². The number of carbonyl (C=O) groups is 1. The second-order valence-corrected chi connectivity index (χ2v) is 6.63. The second kappa shape index (κ2) is 7.85. The minimum absolute atomic E-state index is 0.200. The van der Waals surface area contributed by atoms with E-state index in [2.05, 4.69) is 6.07 Å². The summed E-state index contributed by atoms with van der Waals surface area (Å²) in [6, 6.07) is 22.5. The number of nitriles is 1. The lowest BCUT2D eigenvalue weighted by Crippen LogP contribution is -2.26. The maximum Gasteiger partial charge on any atom is 0.259 e. The molecule has 0 atom stereocenters. The number of nitrogens with zero attached hydrogens (tertiary/aromatic N) is 2. The number of carbonyl (C=O) groups excluding carboxylic acids is 1. The summed E-state index contributed by atoms with van der Waals surface area (Å²) in [5.74, 6) is -0.548. The Morgan fingerprint density at radius 2 is 1.58 bits per heavy atom. The summed E-state index contributed by atoms with van der Waals surface area (Å²) in [4.78, 5) is 16.0. The Morgan fingerprint density at radius 3 is 2.27 bits per heavy atom. The number of hydrogen-bond acceptors (Lipinski definition) is 3. The van der Waals surface area contributed by atoms with Gasteiger partial charge in [0.15, 0.2) is 0 Å². The van der Waals surface area contributed by atoms with Gasteiger partial charge < -0.3 is 4.90 Å². The molecule has 0 fully saturated rings. The third kappa shape index (κ3) is 3.76. The molecule has 128 valence electrons. The van der Waals surface area contributed by atoms with Crippen molar-refractivity contribution in [3.05, 3.63) is 89.7 Å². The smallest absolute Gasteiger partial charge is 0.259 e. The molecule has 0 saturated carbocycles. The van der Waals surface area contributed by atoms with Crippen LogP contribution < -0.4 is 4.90 Å². The molecule has 3 rings (SSSR count). The maximum absolute atomic E-state index is 13.1. The summed E-state index contributed by atoms with van der Waals surface area (Å²) in [6.07, 6.45) is 0. The Kier molecular flexibility index (Phi) is 5.35. The van der Waals surface area contributed by atoms with Crippen LogP contribution in [0.15, 0.2) is 82.6 Å². The Labute approximate surface area is 155 Å². The van der Waals surface area contributed by atoms with E-state index in [1.54, 1.807) is 37.4 Å². The Hall–Kier alpha value is -3.10. The standard InChI is InChI=1S/C21H15FN2OS/c1-24(17-12-10-16(22)11-13-17)21(25)18-7-3-5-9-20(18)26-19-8-4-2-6-15(19)14-23/h2-13H,1H3. The molecule has 0 saturated heterocycles. The van der Waals surface area contributed by atoms with E-state index in [4.69, 9.17) is 0 Å². The van der Waals surface area contributed by atoms with E-state index >= 15 is 0 Å². The minimum atomic E-state index is -0.348. The number of amides is 1. The van der Waals surface area contributed by atoms with Crippen LogP contribution in [0.3, 0.4) is 0 Å². The fourth-order valence-corrected chi connectivity index (χ4v) is 3.48. The van der Waals surface area contributed by atoms with Crippen LogP contribution in [0, 0.1) is 17.1 Å². The SMILES string of the molecule is CN(C(=O)c1ccccc1Sc1ccccc1C#N)c1ccc(F)cc1. The van der Waals surface area contributed by atoms with Crippen LogP contribution in [0.25, 0.3) is 0 Å². The summed E-state index contributed by atoms with van der Waals surface area (Å²) in [5, 5.41) is 9.27. The molecule has 0 aliphatic heterocycles. The van der Waals surface area contributed by atoms with Crippen LogP contribution >= 0.6 is 11.8 Å². The normalized spacial score (nSPS) is 10.2. The molecule has 1 amide bonds. The first-order valence-corrected chi connectivity index (χ1v) is 8.71. The summed E-state index contributed by atoms with van der Waals surface area (Å²) < 4.78 is 13.1. The van der Waals surface area contributed by atoms with Gasteiger partial charge >= 0.3 is 0 Å². The monoisotopic (exact) mass is 362 g/mol. The number of rotatable bonds is 4. The molecular formula is C21H15FN2OS. The quantitative estimate of drug-likeness (QED) is 0.647. The van der Waals surface area contributed by atoms with Crippen LogP contribution in [0.5, 0.6) is 0 Å². The molecule has 0 N–H and O–H groups in total. The van der Waals surface area contributed by atoms with Crippen molar-refractivity contribution in [1.82, 2.24) is 0 Å². The highest BCUT2D eigenvalue weighted by molar-refractivity contribution is 7.99. The highest BCUT2D eigenvalue weighted by atomic mass is 32.2. The molecule has 3 aromatic rings. The predicted molar refractivity (Wildman–Crippen MR) is 101 cm³/mol. The van der Waals surface area contributed by atoms with Crippen LogP contribution in [0.2, 0.25) is 0 Å². The van der Waals surface area contributed by atoms with Crippen molar-refractivity contribution in [1.29, 1.82) is 5.26 Å². The predicted octanol–water partition coefficient (Wildman–Crippen LogP) is 5.13. The van der Waals surface area contributed by atoms with Gasteiger partial charge in [-0.2, -0.15) is 5.26 Å². The van der Waals surface area contributed by atoms with Gasteiger partial charge in [-0.25, -0.2) is 4.39 Å². The van der Waals surface area contributed by atoms with Gasteiger partial charge in [-0.15, -0.1) is 0 Å². The van der Waals surface area contributed by atoms with Gasteiger partial charge in [-0.3, -0.25) is 4.79 Å². The average Bonchev–Trinajstić information content (AvgIpc) is 2.68. The molecule has 3 nitrogen and oxygen atoms in total. The summed E-state index contributed by atoms with van der Waals surface area (Å²) in [5.41, 5.74) is 1.69. The Bertz CT molecular complexity index is 980. The zero-order valence-electron chi connectivity index (χ0n) is 14.0. The molecular weight excluding hydrogens is 347 g/mol. The van der Waals surface area contributed by atoms with E-state index in [9.17, 15) is 14.4 Å². The molecule has 3 aromatic carbocycles. The largest absolute Gasteiger partial charge is 0.311 e. The van der Waals surface area contributed by atoms with Gasteiger partial charge in [0, 0.05) is 22.5 Å². The maximum atomic E-state index is 13.1. The Balaban J connectivity index is 1.92. The van der Waals surface area contributed by atoms with E-state index in [0.717, 1.165) is 9.79 Å². The highest BCUT2D eigenvalue weighted by Gasteiger charge is 2.18. The molecule has 0 aromatic heterocycles. The molecule has 0 aliphatic rings. The van der Waals surface area contributed by atoms with Crippen LogP contribution in [-0.2, 0) is 0 Å². The van der Waals surface area contributed by atoms with Crippen LogP contribution in [0.1, 0.15) is 15.9 Å². The van der Waals surface area contributed by atoms with Crippen LogP contribution in [0.4, 0.5) is 10.1 Å². The first kappa shape index (κ1) is 17.7. The number of benzene rings is 3. The average molecular weight is 362 g/mol. The minimum Gasteiger partial charge on any atom is -0.311 e. The number of halogens is 1. The lowest BCUT2D eigenvalue weighted by Gasteiger charge is -2.19. The molecule has 0 unspecified atom stereocenters. The molecule has 0 aliphatic carbocycles. The molecule has 0 heterocycles. The molecule has 5 heteroatoms. The van der Waals surface area contributed by atoms with E-state index in [1.165, 1.54) is 28.8 Å². The third-order valence-electron chi connectivity index (χ3n) is 3.86. The Morgan fingerprint density at radius 1 is 0.962 bits per heavy atom. The highest BCUT2D eigenvalue weighted by Crippen LogP contribution is 2.33. The lowest BCUT2D eigenvalue weighted by atomic mass is 10.2. The molecule has 26 heavy (non-hydrogen) atoms. The van der Waals surface area contributed by atoms with Gasteiger partial charge in [-0.05, 0) is 48.5 Å². The number of anilines is 1. The first-order chi connectivity index (χ1) is 12.6. The van der Waals surface area contributed by atoms with Gasteiger partial charge in [0.2, 0.25) is 0 Å². The third-order valence-corrected chi connectivity index (χ3v) is 5.02. The summed E-state index contributed by atoms with van der Waals surface area (Å²) in [6.45, 7) is 0. The van der Waals surface area contributed by atoms with Crippen molar-refractivity contribution < 1.29 is 9.18 Å². The van der Waals surface area contributed by atoms with E-state index in [1.807, 2.05) is 30.3 Å². The molecule has 0 spiro atoms. The first-order valence-electron chi connectivity index (χ1n) is 7.90. The van der Waals surface area contributed by atoms with Crippen molar-refractivity contribution in [2.45, 2.75) is 9.79 Å². The summed E-state index contributed by atoms with van der Waals surface area (Å²) in [7, 11) is 1.65. The van der Waals surface area contributed by atoms with Crippen molar-refractivity contribution >= 4 is 23.4 Å². The zero-order valence-corrected chi connectivity index (χ0v) is 14.8. The van der Waals surface area contributed by atoms with Crippen molar-refractivity contribution in [3.8, 4) is 6.07 Å². The van der Waals surface area contributed by atoms with Crippen LogP contribution in [-0.4, -0.2) is 13.0 Å². The van der Waals surface area contributed by atoms with E-state index in [-0.39, 0.29) is 11.7 Å². The fraction of sp³-hybridized carbons (Fsp3) is 0.0476. The number of hydrogen-bond donors (Lipinski definition) is 0. The van der Waals surface area contributed by atoms with Crippen molar-refractivity contribution in [3.63, 3.8) is 0 Å². The van der Waals surface area contributed by atoms with Gasteiger partial charge in [0.25, 0.3) is 5.91 Å². The van der Waals surface area contributed by atoms with Crippen molar-refractivity contribution in [2.24, 2.45) is 0 Å². The summed E-state index contributed by atoms with van der Waals surface area (Å²) >= 11 is 1.38. The second-order valence-electron chi connectivity index (χ2n) is 5.55. The topological polar surface area (TPSA) is 44.1 Å². The molecule has 0 bridgehead atoms. The van der Waals surface area contributed by atoms with Gasteiger partial charge in [0.1, 0.15) is 11.9 Å². The van der Waals surface area contributed by atoms with E-state index < -0.39 is 0 Å².